The molecule has 0 radical (unpaired) electrons. The molecule has 1 aromatic heterocycles. The zero-order valence-corrected chi connectivity index (χ0v) is 9.60. The normalized spacial score (nSPS) is 20.3. The highest BCUT2D eigenvalue weighted by Gasteiger charge is 2.18. The van der Waals surface area contributed by atoms with Gasteiger partial charge in [-0.2, -0.15) is 5.10 Å². The molecule has 2 heterocycles. The molecule has 0 saturated carbocycles. The van der Waals surface area contributed by atoms with Gasteiger partial charge in [-0.05, 0) is 31.4 Å². The average molecular weight is 226 g/mol. The monoisotopic (exact) mass is 226 g/mol. The van der Waals surface area contributed by atoms with Crippen molar-refractivity contribution in [3.63, 3.8) is 0 Å². The maximum absolute atomic E-state index is 5.75. The van der Waals surface area contributed by atoms with E-state index in [9.17, 15) is 0 Å². The standard InChI is InChI=1S/C14H14N2O/c1-2-11-6-5-7-13-12(11)10-15-16(13)14-8-3-4-9-17-14/h1,5-7,10,14H,3-4,8-9H2. The van der Waals surface area contributed by atoms with Crippen LogP contribution in [-0.2, 0) is 4.74 Å². The summed E-state index contributed by atoms with van der Waals surface area (Å²) in [5, 5.41) is 5.46. The van der Waals surface area contributed by atoms with Crippen LogP contribution in [0.15, 0.2) is 24.4 Å². The highest BCUT2D eigenvalue weighted by atomic mass is 16.5. The van der Waals surface area contributed by atoms with E-state index < -0.39 is 0 Å². The SMILES string of the molecule is C#Cc1cccc2c1cnn2C1CCCCO1. The fraction of sp³-hybridized carbons (Fsp3) is 0.357. The molecule has 1 fully saturated rings. The van der Waals surface area contributed by atoms with Crippen LogP contribution in [0, 0.1) is 12.3 Å². The van der Waals surface area contributed by atoms with Gasteiger partial charge in [0.1, 0.15) is 0 Å². The number of aromatic nitrogens is 2. The van der Waals surface area contributed by atoms with Crippen molar-refractivity contribution in [3.05, 3.63) is 30.0 Å². The van der Waals surface area contributed by atoms with Crippen molar-refractivity contribution in [1.82, 2.24) is 9.78 Å². The number of rotatable bonds is 1. The largest absolute Gasteiger partial charge is 0.356 e. The lowest BCUT2D eigenvalue weighted by Gasteiger charge is -2.23. The average Bonchev–Trinajstić information content (AvgIpc) is 2.83. The summed E-state index contributed by atoms with van der Waals surface area (Å²) in [6.45, 7) is 0.820. The van der Waals surface area contributed by atoms with Crippen molar-refractivity contribution in [2.24, 2.45) is 0 Å². The molecule has 0 bridgehead atoms. The molecule has 0 N–H and O–H groups in total. The molecule has 1 aliphatic rings. The van der Waals surface area contributed by atoms with Crippen LogP contribution in [0.2, 0.25) is 0 Å². The third-order valence-electron chi connectivity index (χ3n) is 3.23. The third-order valence-corrected chi connectivity index (χ3v) is 3.23. The summed E-state index contributed by atoms with van der Waals surface area (Å²) < 4.78 is 7.71. The summed E-state index contributed by atoms with van der Waals surface area (Å²) >= 11 is 0. The summed E-state index contributed by atoms with van der Waals surface area (Å²) in [5.41, 5.74) is 1.96. The van der Waals surface area contributed by atoms with Gasteiger partial charge >= 0.3 is 0 Å². The van der Waals surface area contributed by atoms with Crippen LogP contribution in [0.3, 0.4) is 0 Å². The van der Waals surface area contributed by atoms with E-state index in [4.69, 9.17) is 11.2 Å². The maximum Gasteiger partial charge on any atom is 0.150 e. The predicted octanol–water partition coefficient (Wildman–Crippen LogP) is 2.72. The Morgan fingerprint density at radius 1 is 1.41 bits per heavy atom. The second kappa shape index (κ2) is 4.23. The Balaban J connectivity index is 2.09. The van der Waals surface area contributed by atoms with Crippen LogP contribution in [0.4, 0.5) is 0 Å². The topological polar surface area (TPSA) is 27.1 Å². The van der Waals surface area contributed by atoms with Gasteiger partial charge in [-0.3, -0.25) is 0 Å². The van der Waals surface area contributed by atoms with Crippen LogP contribution in [-0.4, -0.2) is 16.4 Å². The van der Waals surface area contributed by atoms with Crippen molar-refractivity contribution < 1.29 is 4.74 Å². The smallest absolute Gasteiger partial charge is 0.150 e. The number of terminal acetylenes is 1. The van der Waals surface area contributed by atoms with Crippen molar-refractivity contribution in [2.75, 3.05) is 6.61 Å². The maximum atomic E-state index is 5.75. The van der Waals surface area contributed by atoms with Crippen LogP contribution >= 0.6 is 0 Å². The van der Waals surface area contributed by atoms with Crippen molar-refractivity contribution >= 4 is 10.9 Å². The van der Waals surface area contributed by atoms with E-state index >= 15 is 0 Å². The van der Waals surface area contributed by atoms with Gasteiger partial charge in [0.25, 0.3) is 0 Å². The van der Waals surface area contributed by atoms with Gasteiger partial charge < -0.3 is 4.74 Å². The Morgan fingerprint density at radius 2 is 2.35 bits per heavy atom. The van der Waals surface area contributed by atoms with Gasteiger partial charge in [-0.25, -0.2) is 4.68 Å². The molecule has 0 aliphatic carbocycles. The highest BCUT2D eigenvalue weighted by molar-refractivity contribution is 5.85. The Labute approximate surface area is 100 Å². The van der Waals surface area contributed by atoms with E-state index in [0.29, 0.717) is 0 Å². The molecule has 1 aromatic carbocycles. The molecule has 1 aliphatic heterocycles. The molecule has 86 valence electrons. The van der Waals surface area contributed by atoms with E-state index in [1.165, 1.54) is 6.42 Å². The Kier molecular flexibility index (Phi) is 2.58. The molecule has 0 amide bonds. The molecule has 3 heteroatoms. The predicted molar refractivity (Wildman–Crippen MR) is 66.5 cm³/mol. The zero-order chi connectivity index (χ0) is 11.7. The molecule has 3 nitrogen and oxygen atoms in total. The molecule has 0 spiro atoms. The lowest BCUT2D eigenvalue weighted by atomic mass is 10.1. The summed E-state index contributed by atoms with van der Waals surface area (Å²) in [6.07, 6.45) is 10.7. The number of hydrogen-bond donors (Lipinski definition) is 0. The molecule has 1 unspecified atom stereocenters. The fourth-order valence-electron chi connectivity index (χ4n) is 2.34. The summed E-state index contributed by atoms with van der Waals surface area (Å²) in [5.74, 6) is 2.69. The van der Waals surface area contributed by atoms with E-state index in [1.807, 2.05) is 29.1 Å². The zero-order valence-electron chi connectivity index (χ0n) is 9.60. The van der Waals surface area contributed by atoms with Gasteiger partial charge in [0.2, 0.25) is 0 Å². The summed E-state index contributed by atoms with van der Waals surface area (Å²) in [4.78, 5) is 0. The van der Waals surface area contributed by atoms with Gasteiger partial charge in [-0.15, -0.1) is 6.42 Å². The first-order valence-corrected chi connectivity index (χ1v) is 5.94. The summed E-state index contributed by atoms with van der Waals surface area (Å²) in [7, 11) is 0. The Hall–Kier alpha value is -1.79. The lowest BCUT2D eigenvalue weighted by molar-refractivity contribution is -0.0366. The van der Waals surface area contributed by atoms with Crippen LogP contribution in [0.1, 0.15) is 31.1 Å². The quantitative estimate of drug-likeness (QED) is 0.699. The summed E-state index contributed by atoms with van der Waals surface area (Å²) in [6, 6.07) is 5.95. The van der Waals surface area contributed by atoms with Crippen molar-refractivity contribution in [1.29, 1.82) is 0 Å². The van der Waals surface area contributed by atoms with Crippen LogP contribution < -0.4 is 0 Å². The number of benzene rings is 1. The fourth-order valence-corrected chi connectivity index (χ4v) is 2.34. The number of fused-ring (bicyclic) bond motifs is 1. The molecule has 17 heavy (non-hydrogen) atoms. The molecule has 1 atom stereocenters. The first-order valence-electron chi connectivity index (χ1n) is 5.94. The van der Waals surface area contributed by atoms with Gasteiger partial charge in [0.15, 0.2) is 6.23 Å². The van der Waals surface area contributed by atoms with Gasteiger partial charge in [-0.1, -0.05) is 12.0 Å². The minimum absolute atomic E-state index is 0.0641. The molecule has 1 saturated heterocycles. The molecule has 2 aromatic rings. The molecular weight excluding hydrogens is 212 g/mol. The first kappa shape index (κ1) is 10.4. The second-order valence-electron chi connectivity index (χ2n) is 4.29. The van der Waals surface area contributed by atoms with E-state index in [-0.39, 0.29) is 6.23 Å². The van der Waals surface area contributed by atoms with Crippen LogP contribution in [0.5, 0.6) is 0 Å². The van der Waals surface area contributed by atoms with E-state index in [0.717, 1.165) is 35.9 Å². The number of nitrogens with zero attached hydrogens (tertiary/aromatic N) is 2. The molecule has 3 rings (SSSR count). The Morgan fingerprint density at radius 3 is 3.12 bits per heavy atom. The van der Waals surface area contributed by atoms with Crippen molar-refractivity contribution in [2.45, 2.75) is 25.5 Å². The first-order chi connectivity index (χ1) is 8.40. The highest BCUT2D eigenvalue weighted by Crippen LogP contribution is 2.27. The molecular formula is C14H14N2O. The Bertz CT molecular complexity index is 573. The number of hydrogen-bond acceptors (Lipinski definition) is 2. The van der Waals surface area contributed by atoms with E-state index in [1.54, 1.807) is 0 Å². The third kappa shape index (κ3) is 1.71. The minimum Gasteiger partial charge on any atom is -0.356 e. The second-order valence-corrected chi connectivity index (χ2v) is 4.29. The minimum atomic E-state index is 0.0641. The van der Waals surface area contributed by atoms with Crippen molar-refractivity contribution in [3.8, 4) is 12.3 Å². The number of ether oxygens (including phenoxy) is 1. The lowest BCUT2D eigenvalue weighted by Crippen LogP contribution is -2.18. The van der Waals surface area contributed by atoms with Gasteiger partial charge in [0.05, 0.1) is 11.7 Å². The van der Waals surface area contributed by atoms with E-state index in [2.05, 4.69) is 11.0 Å². The van der Waals surface area contributed by atoms with Crippen LogP contribution in [0.25, 0.3) is 10.9 Å². The van der Waals surface area contributed by atoms with Gasteiger partial charge in [0, 0.05) is 17.6 Å².